The van der Waals surface area contributed by atoms with Crippen molar-refractivity contribution in [2.75, 3.05) is 18.1 Å². The van der Waals surface area contributed by atoms with Gasteiger partial charge in [0.25, 0.3) is 0 Å². The number of carbonyl (C=O) groups is 1. The van der Waals surface area contributed by atoms with Crippen LogP contribution in [-0.2, 0) is 4.74 Å². The average Bonchev–Trinajstić information content (AvgIpc) is 2.64. The van der Waals surface area contributed by atoms with Gasteiger partial charge in [-0.25, -0.2) is 4.79 Å². The lowest BCUT2D eigenvalue weighted by Gasteiger charge is -2.22. The van der Waals surface area contributed by atoms with Crippen LogP contribution in [0.25, 0.3) is 0 Å². The van der Waals surface area contributed by atoms with Gasteiger partial charge >= 0.3 is 6.09 Å². The Labute approximate surface area is 118 Å². The molecule has 1 N–H and O–H groups in total. The van der Waals surface area contributed by atoms with Crippen molar-refractivity contribution < 1.29 is 14.7 Å². The topological polar surface area (TPSA) is 62.1 Å². The van der Waals surface area contributed by atoms with Gasteiger partial charge in [-0.3, -0.25) is 4.90 Å². The zero-order valence-electron chi connectivity index (χ0n) is 11.9. The Morgan fingerprint density at radius 1 is 1.45 bits per heavy atom. The van der Waals surface area contributed by atoms with Crippen molar-refractivity contribution in [1.82, 2.24) is 0 Å². The van der Waals surface area contributed by atoms with Crippen LogP contribution in [-0.4, -0.2) is 30.2 Å². The van der Waals surface area contributed by atoms with E-state index in [0.29, 0.717) is 31.2 Å². The second kappa shape index (κ2) is 6.41. The lowest BCUT2D eigenvalue weighted by atomic mass is 10.1. The third kappa shape index (κ3) is 3.10. The monoisotopic (exact) mass is 276 g/mol. The van der Waals surface area contributed by atoms with Crippen LogP contribution < -0.4 is 4.90 Å². The summed E-state index contributed by atoms with van der Waals surface area (Å²) in [5, 5.41) is 12.5. The van der Waals surface area contributed by atoms with E-state index in [0.717, 1.165) is 17.7 Å². The van der Waals surface area contributed by atoms with E-state index in [1.165, 1.54) is 0 Å². The summed E-state index contributed by atoms with van der Waals surface area (Å²) >= 11 is 0. The fourth-order valence-electron chi connectivity index (χ4n) is 2.22. The standard InChI is InChI=1S/C15H20N2O3/c1-11(2)10-20-15(18)17-9-5-7-13(16-19)12-6-3-4-8-14(12)17/h3-4,6,8,11,19H,5,7,9-10H2,1-2H3/b16-13-. The summed E-state index contributed by atoms with van der Waals surface area (Å²) in [7, 11) is 0. The molecule has 0 unspecified atom stereocenters. The number of ether oxygens (including phenoxy) is 1. The maximum atomic E-state index is 12.2. The highest BCUT2D eigenvalue weighted by Gasteiger charge is 2.25. The molecule has 0 spiro atoms. The number of hydrogen-bond acceptors (Lipinski definition) is 4. The highest BCUT2D eigenvalue weighted by Crippen LogP contribution is 2.27. The molecule has 20 heavy (non-hydrogen) atoms. The van der Waals surface area contributed by atoms with Crippen molar-refractivity contribution in [3.63, 3.8) is 0 Å². The second-order valence-electron chi connectivity index (χ2n) is 5.29. The molecule has 1 aromatic carbocycles. The summed E-state index contributed by atoms with van der Waals surface area (Å²) in [6, 6.07) is 7.44. The average molecular weight is 276 g/mol. The van der Waals surface area contributed by atoms with Crippen molar-refractivity contribution >= 4 is 17.5 Å². The van der Waals surface area contributed by atoms with Crippen LogP contribution in [0.2, 0.25) is 0 Å². The summed E-state index contributed by atoms with van der Waals surface area (Å²) < 4.78 is 5.31. The molecule has 0 saturated heterocycles. The van der Waals surface area contributed by atoms with Gasteiger partial charge in [-0.2, -0.15) is 0 Å². The second-order valence-corrected chi connectivity index (χ2v) is 5.29. The van der Waals surface area contributed by atoms with Gasteiger partial charge in [0.15, 0.2) is 0 Å². The van der Waals surface area contributed by atoms with E-state index < -0.39 is 0 Å². The quantitative estimate of drug-likeness (QED) is 0.666. The van der Waals surface area contributed by atoms with Gasteiger partial charge in [-0.15, -0.1) is 0 Å². The van der Waals surface area contributed by atoms with Gasteiger partial charge in [0, 0.05) is 12.1 Å². The number of hydrogen-bond donors (Lipinski definition) is 1. The van der Waals surface area contributed by atoms with Crippen molar-refractivity contribution in [2.45, 2.75) is 26.7 Å². The summed E-state index contributed by atoms with van der Waals surface area (Å²) in [6.07, 6.45) is 1.04. The molecular formula is C15H20N2O3. The molecule has 0 aliphatic carbocycles. The Balaban J connectivity index is 2.28. The van der Waals surface area contributed by atoms with E-state index in [4.69, 9.17) is 9.94 Å². The van der Waals surface area contributed by atoms with E-state index >= 15 is 0 Å². The molecule has 0 saturated carbocycles. The normalized spacial score (nSPS) is 16.9. The van der Waals surface area contributed by atoms with Crippen LogP contribution in [0.1, 0.15) is 32.3 Å². The van der Waals surface area contributed by atoms with Crippen LogP contribution in [0.15, 0.2) is 29.4 Å². The van der Waals surface area contributed by atoms with Gasteiger partial charge in [0.2, 0.25) is 0 Å². The van der Waals surface area contributed by atoms with Crippen molar-refractivity contribution in [3.05, 3.63) is 29.8 Å². The number of para-hydroxylation sites is 1. The summed E-state index contributed by atoms with van der Waals surface area (Å²) in [4.78, 5) is 13.8. The molecule has 1 aliphatic heterocycles. The zero-order valence-corrected chi connectivity index (χ0v) is 11.9. The maximum Gasteiger partial charge on any atom is 0.414 e. The SMILES string of the molecule is CC(C)COC(=O)N1CCC/C(=N/O)c2ccccc21. The minimum Gasteiger partial charge on any atom is -0.449 e. The highest BCUT2D eigenvalue weighted by atomic mass is 16.6. The summed E-state index contributed by atoms with van der Waals surface area (Å²) in [5.74, 6) is 0.302. The molecule has 0 atom stereocenters. The van der Waals surface area contributed by atoms with Gasteiger partial charge < -0.3 is 9.94 Å². The number of amides is 1. The van der Waals surface area contributed by atoms with Gasteiger partial charge in [-0.1, -0.05) is 37.2 Å². The molecule has 5 nitrogen and oxygen atoms in total. The van der Waals surface area contributed by atoms with Crippen molar-refractivity contribution in [3.8, 4) is 0 Å². The van der Waals surface area contributed by atoms with E-state index in [-0.39, 0.29) is 6.09 Å². The third-order valence-electron chi connectivity index (χ3n) is 3.18. The first-order chi connectivity index (χ1) is 9.63. The Kier molecular flexibility index (Phi) is 4.61. The number of fused-ring (bicyclic) bond motifs is 1. The maximum absolute atomic E-state index is 12.2. The highest BCUT2D eigenvalue weighted by molar-refractivity contribution is 6.08. The van der Waals surface area contributed by atoms with Gasteiger partial charge in [0.05, 0.1) is 18.0 Å². The molecule has 1 aromatic rings. The van der Waals surface area contributed by atoms with Crippen LogP contribution >= 0.6 is 0 Å². The first-order valence-electron chi connectivity index (χ1n) is 6.88. The predicted molar refractivity (Wildman–Crippen MR) is 77.5 cm³/mol. The zero-order chi connectivity index (χ0) is 14.5. The molecule has 0 aromatic heterocycles. The Hall–Kier alpha value is -2.04. The Morgan fingerprint density at radius 2 is 2.20 bits per heavy atom. The van der Waals surface area contributed by atoms with Gasteiger partial charge in [-0.05, 0) is 24.8 Å². The molecule has 0 radical (unpaired) electrons. The molecule has 1 heterocycles. The minimum absolute atomic E-state index is 0.302. The molecule has 0 bridgehead atoms. The smallest absolute Gasteiger partial charge is 0.414 e. The number of carbonyl (C=O) groups excluding carboxylic acids is 1. The van der Waals surface area contributed by atoms with Crippen LogP contribution in [0, 0.1) is 5.92 Å². The first-order valence-corrected chi connectivity index (χ1v) is 6.88. The molecule has 2 rings (SSSR count). The number of nitrogens with zero attached hydrogens (tertiary/aromatic N) is 2. The van der Waals surface area contributed by atoms with Crippen LogP contribution in [0.3, 0.4) is 0 Å². The molecule has 108 valence electrons. The third-order valence-corrected chi connectivity index (χ3v) is 3.18. The van der Waals surface area contributed by atoms with Crippen LogP contribution in [0.5, 0.6) is 0 Å². The van der Waals surface area contributed by atoms with E-state index in [2.05, 4.69) is 5.16 Å². The lowest BCUT2D eigenvalue weighted by molar-refractivity contribution is 0.140. The van der Waals surface area contributed by atoms with E-state index in [1.807, 2.05) is 38.1 Å². The molecule has 5 heteroatoms. The fourth-order valence-corrected chi connectivity index (χ4v) is 2.22. The fraction of sp³-hybridized carbons (Fsp3) is 0.467. The Bertz CT molecular complexity index is 512. The number of rotatable bonds is 2. The van der Waals surface area contributed by atoms with E-state index in [1.54, 1.807) is 4.90 Å². The van der Waals surface area contributed by atoms with Gasteiger partial charge in [0.1, 0.15) is 0 Å². The Morgan fingerprint density at radius 3 is 2.90 bits per heavy atom. The minimum atomic E-state index is -0.342. The number of oxime groups is 1. The largest absolute Gasteiger partial charge is 0.449 e. The lowest BCUT2D eigenvalue weighted by Crippen LogP contribution is -2.33. The molecule has 0 fully saturated rings. The summed E-state index contributed by atoms with van der Waals surface area (Å²) in [5.41, 5.74) is 2.14. The first kappa shape index (κ1) is 14.4. The summed E-state index contributed by atoms with van der Waals surface area (Å²) in [6.45, 7) is 4.96. The molecular weight excluding hydrogens is 256 g/mol. The molecule has 1 amide bonds. The predicted octanol–water partition coefficient (Wildman–Crippen LogP) is 3.26. The number of benzene rings is 1. The van der Waals surface area contributed by atoms with Crippen molar-refractivity contribution in [1.29, 1.82) is 0 Å². The molecule has 1 aliphatic rings. The van der Waals surface area contributed by atoms with E-state index in [9.17, 15) is 4.79 Å². The number of anilines is 1. The van der Waals surface area contributed by atoms with Crippen molar-refractivity contribution in [2.24, 2.45) is 11.1 Å². The van der Waals surface area contributed by atoms with Crippen LogP contribution in [0.4, 0.5) is 10.5 Å².